The minimum Gasteiger partial charge on any atom is -0.495 e. The molecule has 0 fully saturated rings. The van der Waals surface area contributed by atoms with E-state index in [-0.39, 0.29) is 11.3 Å². The van der Waals surface area contributed by atoms with Crippen LogP contribution in [0.1, 0.15) is 15.9 Å². The first-order valence-electron chi connectivity index (χ1n) is 8.21. The quantitative estimate of drug-likeness (QED) is 0.639. The van der Waals surface area contributed by atoms with Gasteiger partial charge >= 0.3 is 6.18 Å². The van der Waals surface area contributed by atoms with Gasteiger partial charge in [-0.2, -0.15) is 13.2 Å². The van der Waals surface area contributed by atoms with E-state index in [1.807, 2.05) is 18.2 Å². The van der Waals surface area contributed by atoms with Crippen molar-refractivity contribution >= 4 is 23.1 Å². The largest absolute Gasteiger partial charge is 0.495 e. The highest BCUT2D eigenvalue weighted by Gasteiger charge is 2.30. The number of pyridine rings is 1. The third-order valence-electron chi connectivity index (χ3n) is 3.87. The van der Waals surface area contributed by atoms with Crippen LogP contribution in [0.5, 0.6) is 5.75 Å². The lowest BCUT2D eigenvalue weighted by molar-refractivity contribution is -0.137. The second-order valence-corrected chi connectivity index (χ2v) is 5.79. The number of carbonyl (C=O) groups is 1. The van der Waals surface area contributed by atoms with Crippen molar-refractivity contribution in [3.05, 3.63) is 78.0 Å². The third-order valence-corrected chi connectivity index (χ3v) is 3.87. The maximum absolute atomic E-state index is 12.6. The van der Waals surface area contributed by atoms with Gasteiger partial charge in [0.2, 0.25) is 0 Å². The second kappa shape index (κ2) is 7.99. The van der Waals surface area contributed by atoms with Crippen molar-refractivity contribution in [3.8, 4) is 5.75 Å². The molecule has 3 aromatic rings. The Morgan fingerprint density at radius 2 is 1.71 bits per heavy atom. The van der Waals surface area contributed by atoms with Gasteiger partial charge in [-0.3, -0.25) is 4.79 Å². The first-order valence-corrected chi connectivity index (χ1v) is 8.21. The van der Waals surface area contributed by atoms with Crippen LogP contribution in [-0.4, -0.2) is 18.0 Å². The molecule has 0 spiro atoms. The zero-order chi connectivity index (χ0) is 20.1. The number of anilines is 3. The molecule has 5 nitrogen and oxygen atoms in total. The first kappa shape index (κ1) is 19.2. The molecule has 0 unspecified atom stereocenters. The third kappa shape index (κ3) is 4.59. The number of halogens is 3. The summed E-state index contributed by atoms with van der Waals surface area (Å²) in [5.74, 6) is 0.681. The van der Waals surface area contributed by atoms with Crippen molar-refractivity contribution in [3.63, 3.8) is 0 Å². The summed E-state index contributed by atoms with van der Waals surface area (Å²) >= 11 is 0. The van der Waals surface area contributed by atoms with E-state index in [2.05, 4.69) is 15.6 Å². The molecule has 2 N–H and O–H groups in total. The van der Waals surface area contributed by atoms with Crippen LogP contribution in [0.25, 0.3) is 0 Å². The molecule has 0 aliphatic rings. The fourth-order valence-corrected chi connectivity index (χ4v) is 2.43. The molecule has 0 aliphatic carbocycles. The Kier molecular flexibility index (Phi) is 5.49. The highest BCUT2D eigenvalue weighted by Crippen LogP contribution is 2.30. The van der Waals surface area contributed by atoms with Gasteiger partial charge in [0.15, 0.2) is 0 Å². The van der Waals surface area contributed by atoms with Gasteiger partial charge in [0.05, 0.1) is 23.9 Å². The minimum absolute atomic E-state index is 0.259. The summed E-state index contributed by atoms with van der Waals surface area (Å²) in [5.41, 5.74) is 0.470. The van der Waals surface area contributed by atoms with Crippen LogP contribution in [0.15, 0.2) is 66.9 Å². The molecule has 0 bridgehead atoms. The number of amides is 1. The van der Waals surface area contributed by atoms with Gasteiger partial charge in [-0.05, 0) is 48.5 Å². The van der Waals surface area contributed by atoms with E-state index in [1.54, 1.807) is 25.3 Å². The van der Waals surface area contributed by atoms with Crippen molar-refractivity contribution in [2.24, 2.45) is 0 Å². The molecule has 0 radical (unpaired) electrons. The normalized spacial score (nSPS) is 11.0. The summed E-state index contributed by atoms with van der Waals surface area (Å²) < 4.78 is 43.0. The number of ether oxygens (including phenoxy) is 1. The number of benzene rings is 2. The Hall–Kier alpha value is -3.55. The lowest BCUT2D eigenvalue weighted by Crippen LogP contribution is -2.13. The van der Waals surface area contributed by atoms with Gasteiger partial charge in [0.25, 0.3) is 5.91 Å². The van der Waals surface area contributed by atoms with Crippen LogP contribution in [0, 0.1) is 0 Å². The van der Waals surface area contributed by atoms with Crippen molar-refractivity contribution in [2.45, 2.75) is 6.18 Å². The number of aromatic nitrogens is 1. The minimum atomic E-state index is -4.42. The molecule has 0 saturated carbocycles. The Morgan fingerprint density at radius 1 is 1.00 bits per heavy atom. The van der Waals surface area contributed by atoms with Gasteiger partial charge in [-0.15, -0.1) is 0 Å². The molecule has 8 heteroatoms. The Bertz CT molecular complexity index is 956. The van der Waals surface area contributed by atoms with Crippen LogP contribution in [0.3, 0.4) is 0 Å². The molecular weight excluding hydrogens is 371 g/mol. The average Bonchev–Trinajstić information content (AvgIpc) is 2.68. The molecule has 2 aromatic carbocycles. The number of methoxy groups -OCH3 is 1. The predicted octanol–water partition coefficient (Wildman–Crippen LogP) is 5.10. The number of rotatable bonds is 5. The SMILES string of the molecule is COc1ccccc1Nc1ccc(C(=O)Nc2ccc(C(F)(F)F)cc2)cn1. The zero-order valence-corrected chi connectivity index (χ0v) is 14.7. The van der Waals surface area contributed by atoms with Crippen molar-refractivity contribution in [1.82, 2.24) is 4.98 Å². The monoisotopic (exact) mass is 387 g/mol. The molecule has 0 aliphatic heterocycles. The fourth-order valence-electron chi connectivity index (χ4n) is 2.43. The lowest BCUT2D eigenvalue weighted by atomic mass is 10.2. The summed E-state index contributed by atoms with van der Waals surface area (Å²) in [5, 5.41) is 5.62. The lowest BCUT2D eigenvalue weighted by Gasteiger charge is -2.11. The van der Waals surface area contributed by atoms with Gasteiger partial charge in [0.1, 0.15) is 11.6 Å². The number of nitrogens with one attached hydrogen (secondary N) is 2. The van der Waals surface area contributed by atoms with Gasteiger partial charge in [-0.25, -0.2) is 4.98 Å². The standard InChI is InChI=1S/C20H16F3N3O2/c1-28-17-5-3-2-4-16(17)26-18-11-6-13(12-24-18)19(27)25-15-9-7-14(8-10-15)20(21,22)23/h2-12H,1H3,(H,24,26)(H,25,27). The fraction of sp³-hybridized carbons (Fsp3) is 0.100. The summed E-state index contributed by atoms with van der Waals surface area (Å²) in [4.78, 5) is 16.4. The molecular formula is C20H16F3N3O2. The van der Waals surface area contributed by atoms with Crippen LogP contribution in [0.2, 0.25) is 0 Å². The van der Waals surface area contributed by atoms with E-state index in [0.29, 0.717) is 11.6 Å². The number of carbonyl (C=O) groups excluding carboxylic acids is 1. The van der Waals surface area contributed by atoms with Crippen LogP contribution in [-0.2, 0) is 6.18 Å². The molecule has 28 heavy (non-hydrogen) atoms. The Labute approximate surface area is 159 Å². The van der Waals surface area contributed by atoms with Crippen LogP contribution in [0.4, 0.5) is 30.4 Å². The highest BCUT2D eigenvalue weighted by molar-refractivity contribution is 6.04. The molecule has 144 valence electrons. The van der Waals surface area contributed by atoms with Crippen LogP contribution >= 0.6 is 0 Å². The second-order valence-electron chi connectivity index (χ2n) is 5.79. The number of para-hydroxylation sites is 2. The van der Waals surface area contributed by atoms with Crippen molar-refractivity contribution < 1.29 is 22.7 Å². The number of hydrogen-bond donors (Lipinski definition) is 2. The molecule has 1 aromatic heterocycles. The maximum atomic E-state index is 12.6. The van der Waals surface area contributed by atoms with Gasteiger partial charge in [0, 0.05) is 11.9 Å². The average molecular weight is 387 g/mol. The Balaban J connectivity index is 1.67. The topological polar surface area (TPSA) is 63.2 Å². The summed E-state index contributed by atoms with van der Waals surface area (Å²) in [6.07, 6.45) is -3.05. The van der Waals surface area contributed by atoms with Gasteiger partial charge < -0.3 is 15.4 Å². The predicted molar refractivity (Wildman–Crippen MR) is 99.9 cm³/mol. The highest BCUT2D eigenvalue weighted by atomic mass is 19.4. The smallest absolute Gasteiger partial charge is 0.416 e. The number of nitrogens with zero attached hydrogens (tertiary/aromatic N) is 1. The molecule has 3 rings (SSSR count). The molecule has 0 atom stereocenters. The van der Waals surface area contributed by atoms with E-state index in [9.17, 15) is 18.0 Å². The zero-order valence-electron chi connectivity index (χ0n) is 14.7. The van der Waals surface area contributed by atoms with E-state index in [4.69, 9.17) is 4.74 Å². The molecule has 1 amide bonds. The first-order chi connectivity index (χ1) is 13.4. The summed E-state index contributed by atoms with van der Waals surface area (Å²) in [6.45, 7) is 0. The van der Waals surface area contributed by atoms with Crippen molar-refractivity contribution in [2.75, 3.05) is 17.7 Å². The number of hydrogen-bond acceptors (Lipinski definition) is 4. The Morgan fingerprint density at radius 3 is 2.32 bits per heavy atom. The molecule has 1 heterocycles. The molecule has 0 saturated heterocycles. The van der Waals surface area contributed by atoms with Crippen LogP contribution < -0.4 is 15.4 Å². The van der Waals surface area contributed by atoms with E-state index < -0.39 is 17.6 Å². The van der Waals surface area contributed by atoms with E-state index in [0.717, 1.165) is 17.8 Å². The van der Waals surface area contributed by atoms with Crippen molar-refractivity contribution in [1.29, 1.82) is 0 Å². The maximum Gasteiger partial charge on any atom is 0.416 e. The van der Waals surface area contributed by atoms with E-state index >= 15 is 0 Å². The van der Waals surface area contributed by atoms with E-state index in [1.165, 1.54) is 18.3 Å². The van der Waals surface area contributed by atoms with Gasteiger partial charge in [-0.1, -0.05) is 12.1 Å². The number of alkyl halides is 3. The summed E-state index contributed by atoms with van der Waals surface area (Å²) in [6, 6.07) is 14.7. The summed E-state index contributed by atoms with van der Waals surface area (Å²) in [7, 11) is 1.56.